The van der Waals surface area contributed by atoms with E-state index in [1.807, 2.05) is 0 Å². The Labute approximate surface area is 160 Å². The van der Waals surface area contributed by atoms with Crippen LogP contribution >= 0.6 is 0 Å². The molecule has 0 amide bonds. The fourth-order valence-corrected chi connectivity index (χ4v) is 4.86. The summed E-state index contributed by atoms with van der Waals surface area (Å²) in [6, 6.07) is 11.0. The number of halogens is 2. The predicted octanol–water partition coefficient (Wildman–Crippen LogP) is 3.58. The van der Waals surface area contributed by atoms with Gasteiger partial charge in [0.2, 0.25) is 21.7 Å². The molecule has 1 fully saturated rings. The Morgan fingerprint density at radius 1 is 1.07 bits per heavy atom. The van der Waals surface area contributed by atoms with Crippen molar-refractivity contribution in [3.8, 4) is 11.4 Å². The summed E-state index contributed by atoms with van der Waals surface area (Å²) in [5.74, 6) is -0.816. The number of hydrogen-bond donors (Lipinski definition) is 0. The van der Waals surface area contributed by atoms with E-state index in [4.69, 9.17) is 4.52 Å². The molecule has 1 saturated heterocycles. The number of rotatable bonds is 4. The van der Waals surface area contributed by atoms with E-state index in [2.05, 4.69) is 10.1 Å². The molecule has 9 heteroatoms. The molecule has 4 rings (SSSR count). The van der Waals surface area contributed by atoms with Gasteiger partial charge >= 0.3 is 0 Å². The van der Waals surface area contributed by atoms with Crippen LogP contribution in [0.15, 0.2) is 57.9 Å². The quantitative estimate of drug-likeness (QED) is 0.663. The molecule has 0 bridgehead atoms. The van der Waals surface area contributed by atoms with E-state index < -0.39 is 15.8 Å². The van der Waals surface area contributed by atoms with Crippen molar-refractivity contribution < 1.29 is 21.7 Å². The molecule has 2 heterocycles. The molecule has 3 aromatic rings. The highest BCUT2D eigenvalue weighted by molar-refractivity contribution is 7.89. The average Bonchev–Trinajstić information content (AvgIpc) is 3.19. The van der Waals surface area contributed by atoms with Crippen LogP contribution in [0.5, 0.6) is 0 Å². The van der Waals surface area contributed by atoms with E-state index in [1.165, 1.54) is 34.6 Å². The fourth-order valence-electron chi connectivity index (χ4n) is 3.27. The lowest BCUT2D eigenvalue weighted by molar-refractivity contribution is 0.265. The number of sulfonamides is 1. The molecule has 0 spiro atoms. The van der Waals surface area contributed by atoms with Crippen molar-refractivity contribution in [3.05, 3.63) is 66.1 Å². The topological polar surface area (TPSA) is 76.3 Å². The molecule has 1 unspecified atom stereocenters. The third-order valence-corrected chi connectivity index (χ3v) is 6.63. The summed E-state index contributed by atoms with van der Waals surface area (Å²) in [6.45, 7) is 0.424. The number of nitrogens with zero attached hydrogens (tertiary/aromatic N) is 3. The fraction of sp³-hybridized carbons (Fsp3) is 0.263. The third kappa shape index (κ3) is 3.55. The number of hydrogen-bond acceptors (Lipinski definition) is 5. The van der Waals surface area contributed by atoms with Gasteiger partial charge in [-0.2, -0.15) is 9.29 Å². The molecule has 0 radical (unpaired) electrons. The van der Waals surface area contributed by atoms with Gasteiger partial charge in [-0.3, -0.25) is 0 Å². The normalized spacial score (nSPS) is 18.3. The molecule has 1 atom stereocenters. The van der Waals surface area contributed by atoms with Gasteiger partial charge in [0.25, 0.3) is 0 Å². The molecule has 28 heavy (non-hydrogen) atoms. The van der Waals surface area contributed by atoms with Crippen molar-refractivity contribution >= 4 is 10.0 Å². The minimum atomic E-state index is -3.96. The lowest BCUT2D eigenvalue weighted by Crippen LogP contribution is -2.39. The van der Waals surface area contributed by atoms with E-state index in [0.717, 1.165) is 6.07 Å². The van der Waals surface area contributed by atoms with Crippen LogP contribution < -0.4 is 0 Å². The first kappa shape index (κ1) is 18.7. The third-order valence-electron chi connectivity index (χ3n) is 4.73. The summed E-state index contributed by atoms with van der Waals surface area (Å²) in [5, 5.41) is 3.91. The maximum atomic E-state index is 14.0. The van der Waals surface area contributed by atoms with Crippen LogP contribution in [-0.2, 0) is 10.0 Å². The molecule has 146 valence electrons. The molecule has 2 aromatic carbocycles. The van der Waals surface area contributed by atoms with Gasteiger partial charge in [0.15, 0.2) is 0 Å². The average molecular weight is 405 g/mol. The highest BCUT2D eigenvalue weighted by atomic mass is 32.2. The van der Waals surface area contributed by atoms with Gasteiger partial charge in [-0.1, -0.05) is 17.3 Å². The SMILES string of the molecule is O=S(=O)(c1ccccc1F)N1CCCC(c2nc(-c3ccc(F)cc3)no2)C1. The molecule has 0 saturated carbocycles. The summed E-state index contributed by atoms with van der Waals surface area (Å²) in [4.78, 5) is 4.01. The predicted molar refractivity (Wildman–Crippen MR) is 96.8 cm³/mol. The first-order valence-electron chi connectivity index (χ1n) is 8.79. The molecular formula is C19H17F2N3O3S. The van der Waals surface area contributed by atoms with E-state index in [1.54, 1.807) is 12.1 Å². The highest BCUT2D eigenvalue weighted by Gasteiger charge is 2.34. The number of piperidine rings is 1. The van der Waals surface area contributed by atoms with Crippen molar-refractivity contribution in [2.75, 3.05) is 13.1 Å². The van der Waals surface area contributed by atoms with Crippen molar-refractivity contribution in [1.82, 2.24) is 14.4 Å². The van der Waals surface area contributed by atoms with Crippen LogP contribution in [0.4, 0.5) is 8.78 Å². The second kappa shape index (κ2) is 7.40. The molecule has 1 aliphatic rings. The largest absolute Gasteiger partial charge is 0.339 e. The van der Waals surface area contributed by atoms with E-state index in [0.29, 0.717) is 36.7 Å². The van der Waals surface area contributed by atoms with Gasteiger partial charge < -0.3 is 4.52 Å². The van der Waals surface area contributed by atoms with Crippen LogP contribution in [0.2, 0.25) is 0 Å². The van der Waals surface area contributed by atoms with Gasteiger partial charge in [0.1, 0.15) is 16.5 Å². The van der Waals surface area contributed by atoms with Crippen molar-refractivity contribution in [3.63, 3.8) is 0 Å². The van der Waals surface area contributed by atoms with Crippen molar-refractivity contribution in [1.29, 1.82) is 0 Å². The Kier molecular flexibility index (Phi) is 4.94. The highest BCUT2D eigenvalue weighted by Crippen LogP contribution is 2.31. The molecule has 1 aliphatic heterocycles. The van der Waals surface area contributed by atoms with Gasteiger partial charge in [-0.15, -0.1) is 0 Å². The second-order valence-corrected chi connectivity index (χ2v) is 8.50. The van der Waals surface area contributed by atoms with E-state index >= 15 is 0 Å². The second-order valence-electron chi connectivity index (χ2n) is 6.60. The van der Waals surface area contributed by atoms with Crippen LogP contribution in [0, 0.1) is 11.6 Å². The Balaban J connectivity index is 1.56. The van der Waals surface area contributed by atoms with Crippen LogP contribution in [-0.4, -0.2) is 36.0 Å². The zero-order chi connectivity index (χ0) is 19.7. The minimum Gasteiger partial charge on any atom is -0.339 e. The summed E-state index contributed by atoms with van der Waals surface area (Å²) >= 11 is 0. The van der Waals surface area contributed by atoms with Crippen LogP contribution in [0.25, 0.3) is 11.4 Å². The summed E-state index contributed by atoms with van der Waals surface area (Å²) in [6.07, 6.45) is 1.26. The molecule has 0 aliphatic carbocycles. The maximum Gasteiger partial charge on any atom is 0.246 e. The Morgan fingerprint density at radius 2 is 1.82 bits per heavy atom. The van der Waals surface area contributed by atoms with Crippen LogP contribution in [0.1, 0.15) is 24.7 Å². The van der Waals surface area contributed by atoms with Crippen LogP contribution in [0.3, 0.4) is 0 Å². The monoisotopic (exact) mass is 405 g/mol. The standard InChI is InChI=1S/C19H17F2N3O3S/c20-15-9-7-13(8-10-15)18-22-19(27-23-18)14-4-3-11-24(12-14)28(25,26)17-6-2-1-5-16(17)21/h1-2,5-10,14H,3-4,11-12H2. The molecular weight excluding hydrogens is 388 g/mol. The summed E-state index contributed by atoms with van der Waals surface area (Å²) in [5.41, 5.74) is 0.600. The van der Waals surface area contributed by atoms with Gasteiger partial charge in [-0.05, 0) is 49.2 Å². The Bertz CT molecular complexity index is 1080. The number of benzene rings is 2. The minimum absolute atomic E-state index is 0.127. The smallest absolute Gasteiger partial charge is 0.246 e. The molecule has 1 aromatic heterocycles. The molecule has 0 N–H and O–H groups in total. The van der Waals surface area contributed by atoms with Gasteiger partial charge in [0.05, 0.1) is 5.92 Å². The first-order chi connectivity index (χ1) is 13.4. The lowest BCUT2D eigenvalue weighted by atomic mass is 10.00. The van der Waals surface area contributed by atoms with Gasteiger partial charge in [-0.25, -0.2) is 17.2 Å². The zero-order valence-corrected chi connectivity index (χ0v) is 15.6. The van der Waals surface area contributed by atoms with E-state index in [9.17, 15) is 17.2 Å². The maximum absolute atomic E-state index is 14.0. The van der Waals surface area contributed by atoms with E-state index in [-0.39, 0.29) is 23.2 Å². The summed E-state index contributed by atoms with van der Waals surface area (Å²) < 4.78 is 59.3. The van der Waals surface area contributed by atoms with Gasteiger partial charge in [0, 0.05) is 18.7 Å². The Hall–Kier alpha value is -2.65. The Morgan fingerprint density at radius 3 is 2.57 bits per heavy atom. The van der Waals surface area contributed by atoms with Crippen molar-refractivity contribution in [2.45, 2.75) is 23.7 Å². The first-order valence-corrected chi connectivity index (χ1v) is 10.2. The molecule has 6 nitrogen and oxygen atoms in total. The zero-order valence-electron chi connectivity index (χ0n) is 14.8. The summed E-state index contributed by atoms with van der Waals surface area (Å²) in [7, 11) is -3.96. The number of aromatic nitrogens is 2. The lowest BCUT2D eigenvalue weighted by Gasteiger charge is -2.30. The van der Waals surface area contributed by atoms with Crippen molar-refractivity contribution in [2.24, 2.45) is 0 Å².